The van der Waals surface area contributed by atoms with E-state index in [1.54, 1.807) is 48.5 Å². The molecule has 9 rings (SSSR count). The summed E-state index contributed by atoms with van der Waals surface area (Å²) in [7, 11) is 5.68. The number of nitrogens with one attached hydrogen (secondary N) is 4. The van der Waals surface area contributed by atoms with Gasteiger partial charge in [-0.25, -0.2) is 23.9 Å². The highest BCUT2D eigenvalue weighted by Crippen LogP contribution is 2.48. The highest BCUT2D eigenvalue weighted by molar-refractivity contribution is 5.93. The maximum Gasteiger partial charge on any atom is 0.407 e. The molecule has 3 aromatic heterocycles. The van der Waals surface area contributed by atoms with Crippen molar-refractivity contribution in [2.24, 2.45) is 11.8 Å². The first-order valence-corrected chi connectivity index (χ1v) is 23.5. The summed E-state index contributed by atoms with van der Waals surface area (Å²) in [5.74, 6) is 1.27. The molecule has 0 spiro atoms. The number of benzene rings is 3. The Balaban J connectivity index is 1.06. The number of fused-ring (bicyclic) bond motifs is 5. The summed E-state index contributed by atoms with van der Waals surface area (Å²) in [4.78, 5) is 71.7. The summed E-state index contributed by atoms with van der Waals surface area (Å²) in [5, 5.41) is 6.19. The molecular formula is C51H58FN9O9. The van der Waals surface area contributed by atoms with Crippen LogP contribution in [0.25, 0.3) is 44.7 Å². The van der Waals surface area contributed by atoms with E-state index in [0.29, 0.717) is 77.3 Å². The van der Waals surface area contributed by atoms with Crippen molar-refractivity contribution in [1.82, 2.24) is 44.9 Å². The largest absolute Gasteiger partial charge is 0.497 e. The van der Waals surface area contributed by atoms with Crippen molar-refractivity contribution in [2.75, 3.05) is 41.5 Å². The standard InChI is InChI=1S/C51H58FN9O9/c1-26(2)43(57-50(64)68-7)47(62)59-15-9-11-38(59)45-53-24-35(55-45)28-13-14-37-30(17-28)21-40-42-34(52)20-29(22-41(42)70-49(61(37)40)31-18-32(66-5)23-33(19-31)67-6)36-25-54-46(56-36)39-12-10-16-60(39)48(63)44(27(3)4)58-51(65)69-8/h13-14,17-27,38-39,43-44,49H,9-12,15-16H2,1-8H3,(H,53,55)(H,54,56)(H,57,64)(H,58,65)/t38-,39-,43-,44-,49?/m0/s1. The normalized spacial score (nSPS) is 18.3. The molecule has 3 aromatic carbocycles. The highest BCUT2D eigenvalue weighted by atomic mass is 19.1. The number of halogens is 1. The smallest absolute Gasteiger partial charge is 0.407 e. The second-order valence-corrected chi connectivity index (χ2v) is 18.6. The number of hydrogen-bond acceptors (Lipinski definition) is 11. The first-order chi connectivity index (χ1) is 33.7. The number of aromatic amines is 2. The second kappa shape index (κ2) is 19.4. The van der Waals surface area contributed by atoms with Crippen LogP contribution in [0.15, 0.2) is 67.0 Å². The van der Waals surface area contributed by atoms with E-state index in [-0.39, 0.29) is 41.3 Å². The van der Waals surface area contributed by atoms with Crippen molar-refractivity contribution in [3.63, 3.8) is 0 Å². The van der Waals surface area contributed by atoms with E-state index >= 15 is 4.39 Å². The molecule has 3 aliphatic rings. The van der Waals surface area contributed by atoms with Gasteiger partial charge in [0.15, 0.2) is 0 Å². The SMILES string of the molecule is COC(=O)N[C@H](C(=O)N1CCC[C@H]1c1ncc(-c2cc(F)c3c(c2)OC(c2cc(OC)cc(OC)c2)n2c-3cc3cc(-c4cnc([C@@H]5CCCN5C(=O)[C@@H](NC(=O)OC)C(C)C)[nH]4)ccc32)[nH]1)C(C)C. The minimum absolute atomic E-state index is 0.167. The van der Waals surface area contributed by atoms with Crippen LogP contribution in [0.5, 0.6) is 17.2 Å². The molecule has 0 bridgehead atoms. The number of H-pyrrole nitrogens is 2. The van der Waals surface area contributed by atoms with Gasteiger partial charge in [0, 0.05) is 41.2 Å². The van der Waals surface area contributed by atoms with Crippen LogP contribution in [-0.2, 0) is 19.1 Å². The van der Waals surface area contributed by atoms with Crippen LogP contribution in [0.1, 0.15) is 88.9 Å². The van der Waals surface area contributed by atoms with Crippen LogP contribution < -0.4 is 24.8 Å². The van der Waals surface area contributed by atoms with E-state index in [2.05, 4.69) is 20.6 Å². The Morgan fingerprint density at radius 1 is 0.714 bits per heavy atom. The van der Waals surface area contributed by atoms with Gasteiger partial charge in [-0.2, -0.15) is 0 Å². The number of ether oxygens (including phenoxy) is 5. The molecule has 2 saturated heterocycles. The van der Waals surface area contributed by atoms with Crippen LogP contribution >= 0.6 is 0 Å². The van der Waals surface area contributed by atoms with Crippen LogP contribution in [-0.4, -0.2) is 112 Å². The topological polar surface area (TPSA) is 207 Å². The van der Waals surface area contributed by atoms with Crippen LogP contribution in [0.2, 0.25) is 0 Å². The molecule has 5 atom stereocenters. The van der Waals surface area contributed by atoms with Crippen LogP contribution in [0, 0.1) is 17.7 Å². The number of methoxy groups -OCH3 is 4. The zero-order chi connectivity index (χ0) is 49.5. The lowest BCUT2D eigenvalue weighted by Gasteiger charge is -2.31. The molecule has 3 aliphatic heterocycles. The molecule has 0 radical (unpaired) electrons. The van der Waals surface area contributed by atoms with Crippen LogP contribution in [0.4, 0.5) is 14.0 Å². The second-order valence-electron chi connectivity index (χ2n) is 18.6. The maximum absolute atomic E-state index is 17.0. The summed E-state index contributed by atoms with van der Waals surface area (Å²) in [6, 6.07) is 14.4. The number of likely N-dealkylation sites (tertiary alicyclic amines) is 2. The Morgan fingerprint density at radius 2 is 1.26 bits per heavy atom. The molecule has 4 amide bonds. The van der Waals surface area contributed by atoms with Crippen molar-refractivity contribution in [3.05, 3.63) is 90.0 Å². The van der Waals surface area contributed by atoms with Gasteiger partial charge in [-0.1, -0.05) is 33.8 Å². The number of nitrogens with zero attached hydrogens (tertiary/aromatic N) is 5. The highest BCUT2D eigenvalue weighted by Gasteiger charge is 2.40. The maximum atomic E-state index is 17.0. The Bertz CT molecular complexity index is 2940. The monoisotopic (exact) mass is 959 g/mol. The third-order valence-corrected chi connectivity index (χ3v) is 13.6. The molecule has 18 nitrogen and oxygen atoms in total. The third kappa shape index (κ3) is 8.83. The summed E-state index contributed by atoms with van der Waals surface area (Å²) >= 11 is 0. The minimum Gasteiger partial charge on any atom is -0.497 e. The number of aromatic nitrogens is 5. The molecule has 4 N–H and O–H groups in total. The lowest BCUT2D eigenvalue weighted by molar-refractivity contribution is -0.136. The minimum atomic E-state index is -0.791. The lowest BCUT2D eigenvalue weighted by Crippen LogP contribution is -2.51. The van der Waals surface area contributed by atoms with E-state index in [1.807, 2.05) is 68.7 Å². The molecule has 2 fully saturated rings. The Labute approximate surface area is 404 Å². The molecule has 19 heteroatoms. The summed E-state index contributed by atoms with van der Waals surface area (Å²) in [6.07, 6.45) is 4.12. The van der Waals surface area contributed by atoms with Gasteiger partial charge in [0.05, 0.1) is 81.1 Å². The summed E-state index contributed by atoms with van der Waals surface area (Å²) in [6.45, 7) is 8.49. The van der Waals surface area contributed by atoms with Crippen molar-refractivity contribution in [3.8, 4) is 51.0 Å². The Hall–Kier alpha value is -7.57. The van der Waals surface area contributed by atoms with E-state index in [0.717, 1.165) is 35.0 Å². The van der Waals surface area contributed by atoms with Gasteiger partial charge >= 0.3 is 12.2 Å². The number of carbonyl (C=O) groups excluding carboxylic acids is 4. The van der Waals surface area contributed by atoms with Gasteiger partial charge in [-0.05, 0) is 80.0 Å². The molecular weight excluding hydrogens is 902 g/mol. The van der Waals surface area contributed by atoms with Crippen molar-refractivity contribution < 1.29 is 47.3 Å². The molecule has 1 unspecified atom stereocenters. The number of rotatable bonds is 13. The van der Waals surface area contributed by atoms with E-state index in [4.69, 9.17) is 33.7 Å². The fraction of sp³-hybridized carbons (Fsp3) is 0.412. The average Bonchev–Trinajstić information content (AvgIpc) is 4.23. The quantitative estimate of drug-likeness (QED) is 0.0866. The van der Waals surface area contributed by atoms with Gasteiger partial charge in [0.2, 0.25) is 18.0 Å². The van der Waals surface area contributed by atoms with E-state index in [1.165, 1.54) is 20.3 Å². The fourth-order valence-corrected chi connectivity index (χ4v) is 9.98. The number of amides is 4. The third-order valence-electron chi connectivity index (χ3n) is 13.6. The molecule has 6 heterocycles. The number of imidazole rings is 2. The van der Waals surface area contributed by atoms with Gasteiger partial charge in [-0.3, -0.25) is 9.59 Å². The van der Waals surface area contributed by atoms with Gasteiger partial charge in [-0.15, -0.1) is 0 Å². The van der Waals surface area contributed by atoms with Crippen molar-refractivity contribution >= 4 is 34.9 Å². The zero-order valence-corrected chi connectivity index (χ0v) is 40.4. The lowest BCUT2D eigenvalue weighted by atomic mass is 10.0. The predicted octanol–water partition coefficient (Wildman–Crippen LogP) is 8.27. The van der Waals surface area contributed by atoms with Gasteiger partial charge < -0.3 is 58.7 Å². The molecule has 70 heavy (non-hydrogen) atoms. The zero-order valence-electron chi connectivity index (χ0n) is 40.4. The molecule has 0 saturated carbocycles. The van der Waals surface area contributed by atoms with Crippen molar-refractivity contribution in [2.45, 2.75) is 83.8 Å². The van der Waals surface area contributed by atoms with E-state index < -0.39 is 36.3 Å². The van der Waals surface area contributed by atoms with Crippen molar-refractivity contribution in [1.29, 1.82) is 0 Å². The summed E-state index contributed by atoms with van der Waals surface area (Å²) < 4.78 is 46.8. The van der Waals surface area contributed by atoms with Gasteiger partial charge in [0.1, 0.15) is 46.8 Å². The molecule has 368 valence electrons. The first-order valence-electron chi connectivity index (χ1n) is 23.5. The number of carbonyl (C=O) groups is 4. The summed E-state index contributed by atoms with van der Waals surface area (Å²) in [5.41, 5.74) is 4.91. The fourth-order valence-electron chi connectivity index (χ4n) is 9.98. The number of alkyl carbamates (subject to hydrolysis) is 2. The molecule has 6 aromatic rings. The predicted molar refractivity (Wildman–Crippen MR) is 257 cm³/mol. The first kappa shape index (κ1) is 47.5. The van der Waals surface area contributed by atoms with E-state index in [9.17, 15) is 19.2 Å². The average molecular weight is 960 g/mol. The molecule has 0 aliphatic carbocycles. The Kier molecular flexibility index (Phi) is 13.2. The van der Waals surface area contributed by atoms with Crippen LogP contribution in [0.3, 0.4) is 0 Å². The van der Waals surface area contributed by atoms with Gasteiger partial charge in [0.25, 0.3) is 0 Å². The Morgan fingerprint density at radius 3 is 1.77 bits per heavy atom. The number of hydrogen-bond donors (Lipinski definition) is 4.